The SMILES string of the molecule is Cc1ccc(C2CNC(Nc3ccc(CN4CCC(C(N)=O)CC4)cc3)NC2)cc1. The largest absolute Gasteiger partial charge is 0.369 e. The zero-order chi connectivity index (χ0) is 20.9. The molecule has 2 heterocycles. The van der Waals surface area contributed by atoms with Crippen LogP contribution in [0.15, 0.2) is 48.5 Å². The molecule has 2 aromatic rings. The van der Waals surface area contributed by atoms with E-state index < -0.39 is 0 Å². The predicted molar refractivity (Wildman–Crippen MR) is 121 cm³/mol. The quantitative estimate of drug-likeness (QED) is 0.591. The van der Waals surface area contributed by atoms with Gasteiger partial charge in [0.1, 0.15) is 6.29 Å². The van der Waals surface area contributed by atoms with Crippen molar-refractivity contribution < 1.29 is 4.79 Å². The number of benzene rings is 2. The molecule has 0 bridgehead atoms. The molecule has 6 nitrogen and oxygen atoms in total. The Morgan fingerprint density at radius 2 is 1.67 bits per heavy atom. The normalized spacial score (nSPS) is 23.2. The molecule has 2 saturated heterocycles. The highest BCUT2D eigenvalue weighted by Crippen LogP contribution is 2.21. The Kier molecular flexibility index (Phi) is 6.67. The third-order valence-electron chi connectivity index (χ3n) is 6.35. The lowest BCUT2D eigenvalue weighted by Gasteiger charge is -2.32. The third kappa shape index (κ3) is 5.39. The number of nitrogens with two attached hydrogens (primary N) is 1. The van der Waals surface area contributed by atoms with Crippen molar-refractivity contribution in [1.82, 2.24) is 15.5 Å². The van der Waals surface area contributed by atoms with Crippen LogP contribution < -0.4 is 21.7 Å². The van der Waals surface area contributed by atoms with Crippen molar-refractivity contribution in [2.24, 2.45) is 11.7 Å². The molecule has 0 radical (unpaired) electrons. The second-order valence-electron chi connectivity index (χ2n) is 8.65. The Balaban J connectivity index is 1.22. The molecular formula is C24H33N5O. The van der Waals surface area contributed by atoms with Gasteiger partial charge in [-0.05, 0) is 56.1 Å². The third-order valence-corrected chi connectivity index (χ3v) is 6.35. The van der Waals surface area contributed by atoms with E-state index in [-0.39, 0.29) is 18.1 Å². The number of aryl methyl sites for hydroxylation is 1. The molecule has 0 spiro atoms. The van der Waals surface area contributed by atoms with E-state index >= 15 is 0 Å². The van der Waals surface area contributed by atoms with E-state index in [0.29, 0.717) is 5.92 Å². The summed E-state index contributed by atoms with van der Waals surface area (Å²) in [6.45, 7) is 6.82. The summed E-state index contributed by atoms with van der Waals surface area (Å²) in [4.78, 5) is 13.7. The maximum Gasteiger partial charge on any atom is 0.220 e. The first-order valence-corrected chi connectivity index (χ1v) is 11.0. The van der Waals surface area contributed by atoms with Crippen molar-refractivity contribution in [2.75, 3.05) is 31.5 Å². The number of carbonyl (C=O) groups is 1. The minimum absolute atomic E-state index is 0.0499. The van der Waals surface area contributed by atoms with Gasteiger partial charge in [-0.3, -0.25) is 20.3 Å². The van der Waals surface area contributed by atoms with Crippen LogP contribution in [0.2, 0.25) is 0 Å². The van der Waals surface area contributed by atoms with E-state index in [9.17, 15) is 4.79 Å². The zero-order valence-corrected chi connectivity index (χ0v) is 17.7. The summed E-state index contributed by atoms with van der Waals surface area (Å²) < 4.78 is 0. The van der Waals surface area contributed by atoms with Gasteiger partial charge in [-0.15, -0.1) is 0 Å². The van der Waals surface area contributed by atoms with Gasteiger partial charge in [0.15, 0.2) is 0 Å². The fraction of sp³-hybridized carbons (Fsp3) is 0.458. The number of piperidine rings is 1. The van der Waals surface area contributed by atoms with E-state index in [1.165, 1.54) is 16.7 Å². The first-order chi connectivity index (χ1) is 14.6. The van der Waals surface area contributed by atoms with Gasteiger partial charge in [0.25, 0.3) is 0 Å². The number of rotatable bonds is 6. The molecule has 0 unspecified atom stereocenters. The summed E-state index contributed by atoms with van der Waals surface area (Å²) in [7, 11) is 0. The van der Waals surface area contributed by atoms with E-state index in [2.05, 4.69) is 76.3 Å². The second kappa shape index (κ2) is 9.60. The van der Waals surface area contributed by atoms with Crippen molar-refractivity contribution in [3.05, 3.63) is 65.2 Å². The van der Waals surface area contributed by atoms with Crippen LogP contribution >= 0.6 is 0 Å². The molecule has 0 saturated carbocycles. The summed E-state index contributed by atoms with van der Waals surface area (Å²) in [6.07, 6.45) is 1.82. The van der Waals surface area contributed by atoms with Gasteiger partial charge in [0.05, 0.1) is 0 Å². The minimum atomic E-state index is -0.153. The van der Waals surface area contributed by atoms with Crippen LogP contribution in [0.4, 0.5) is 5.69 Å². The molecule has 2 aliphatic rings. The number of hydrogen-bond acceptors (Lipinski definition) is 5. The molecule has 160 valence electrons. The summed E-state index contributed by atoms with van der Waals surface area (Å²) in [6, 6.07) is 17.5. The van der Waals surface area contributed by atoms with Crippen LogP contribution in [0.5, 0.6) is 0 Å². The van der Waals surface area contributed by atoms with Gasteiger partial charge in [-0.1, -0.05) is 42.0 Å². The summed E-state index contributed by atoms with van der Waals surface area (Å²) >= 11 is 0. The smallest absolute Gasteiger partial charge is 0.220 e. The van der Waals surface area contributed by atoms with Crippen molar-refractivity contribution in [2.45, 2.75) is 38.5 Å². The Labute approximate surface area is 179 Å². The molecule has 1 amide bonds. The highest BCUT2D eigenvalue weighted by Gasteiger charge is 2.23. The van der Waals surface area contributed by atoms with Crippen LogP contribution in [0.25, 0.3) is 0 Å². The molecule has 6 heteroatoms. The molecule has 30 heavy (non-hydrogen) atoms. The number of nitrogens with zero attached hydrogens (tertiary/aromatic N) is 1. The van der Waals surface area contributed by atoms with Crippen molar-refractivity contribution in [1.29, 1.82) is 0 Å². The maximum absolute atomic E-state index is 11.3. The molecule has 0 aromatic heterocycles. The fourth-order valence-electron chi connectivity index (χ4n) is 4.35. The standard InChI is InChI=1S/C24H33N5O/c1-17-2-6-19(7-3-17)21-14-26-24(27-15-21)28-22-8-4-18(5-9-22)16-29-12-10-20(11-13-29)23(25)30/h2-9,20-21,24,26-28H,10-16H2,1H3,(H2,25,30). The van der Waals surface area contributed by atoms with Gasteiger partial charge in [-0.2, -0.15) is 0 Å². The Morgan fingerprint density at radius 3 is 2.27 bits per heavy atom. The molecule has 5 N–H and O–H groups in total. The van der Waals surface area contributed by atoms with Gasteiger partial charge < -0.3 is 11.1 Å². The number of nitrogens with one attached hydrogen (secondary N) is 3. The summed E-state index contributed by atoms with van der Waals surface area (Å²) in [5, 5.41) is 10.6. The fourth-order valence-corrected chi connectivity index (χ4v) is 4.35. The highest BCUT2D eigenvalue weighted by atomic mass is 16.1. The predicted octanol–water partition coefficient (Wildman–Crippen LogP) is 2.36. The lowest BCUT2D eigenvalue weighted by atomic mass is 9.96. The lowest BCUT2D eigenvalue weighted by Crippen LogP contribution is -2.55. The first kappa shape index (κ1) is 20.8. The molecule has 2 aromatic carbocycles. The molecule has 2 fully saturated rings. The van der Waals surface area contributed by atoms with Crippen LogP contribution in [0.3, 0.4) is 0 Å². The number of hydrogen-bond donors (Lipinski definition) is 4. The topological polar surface area (TPSA) is 82.4 Å². The Hall–Kier alpha value is -2.41. The number of likely N-dealkylation sites (tertiary alicyclic amines) is 1. The molecule has 4 rings (SSSR count). The zero-order valence-electron chi connectivity index (χ0n) is 17.7. The van der Waals surface area contributed by atoms with Gasteiger partial charge in [0, 0.05) is 37.2 Å². The molecule has 0 atom stereocenters. The number of amides is 1. The molecular weight excluding hydrogens is 374 g/mol. The van der Waals surface area contributed by atoms with E-state index in [4.69, 9.17) is 5.73 Å². The summed E-state index contributed by atoms with van der Waals surface area (Å²) in [5.41, 5.74) is 10.5. The van der Waals surface area contributed by atoms with Crippen LogP contribution in [-0.2, 0) is 11.3 Å². The van der Waals surface area contributed by atoms with E-state index in [1.807, 2.05) is 0 Å². The minimum Gasteiger partial charge on any atom is -0.369 e. The lowest BCUT2D eigenvalue weighted by molar-refractivity contribution is -0.123. The molecule has 0 aliphatic carbocycles. The number of primary amides is 1. The second-order valence-corrected chi connectivity index (χ2v) is 8.65. The van der Waals surface area contributed by atoms with E-state index in [1.54, 1.807) is 0 Å². The molecule has 2 aliphatic heterocycles. The monoisotopic (exact) mass is 407 g/mol. The van der Waals surface area contributed by atoms with Gasteiger partial charge in [0.2, 0.25) is 5.91 Å². The van der Waals surface area contributed by atoms with Crippen molar-refractivity contribution in [3.63, 3.8) is 0 Å². The van der Waals surface area contributed by atoms with Crippen LogP contribution in [-0.4, -0.2) is 43.3 Å². The number of anilines is 1. The van der Waals surface area contributed by atoms with Gasteiger partial charge >= 0.3 is 0 Å². The Morgan fingerprint density at radius 1 is 1.03 bits per heavy atom. The van der Waals surface area contributed by atoms with E-state index in [0.717, 1.165) is 51.3 Å². The maximum atomic E-state index is 11.3. The average molecular weight is 408 g/mol. The highest BCUT2D eigenvalue weighted by molar-refractivity contribution is 5.76. The van der Waals surface area contributed by atoms with Crippen LogP contribution in [0, 0.1) is 12.8 Å². The first-order valence-electron chi connectivity index (χ1n) is 11.0. The summed E-state index contributed by atoms with van der Waals surface area (Å²) in [5.74, 6) is 0.388. The van der Waals surface area contributed by atoms with Crippen LogP contribution in [0.1, 0.15) is 35.4 Å². The average Bonchev–Trinajstić information content (AvgIpc) is 2.77. The van der Waals surface area contributed by atoms with Gasteiger partial charge in [-0.25, -0.2) is 0 Å². The van der Waals surface area contributed by atoms with Crippen molar-refractivity contribution in [3.8, 4) is 0 Å². The Bertz CT molecular complexity index is 820. The van der Waals surface area contributed by atoms with Crippen molar-refractivity contribution >= 4 is 11.6 Å². The number of carbonyl (C=O) groups excluding carboxylic acids is 1.